The molecule has 20 heavy (non-hydrogen) atoms. The molecule has 0 bridgehead atoms. The quantitative estimate of drug-likeness (QED) is 0.882. The molecule has 110 valence electrons. The van der Waals surface area contributed by atoms with Crippen molar-refractivity contribution in [2.45, 2.75) is 38.8 Å². The SMILES string of the molecule is CC1(C)C(Nc2c(F)cc(F)cc2Cl)C2CCCOC21. The third-order valence-corrected chi connectivity index (χ3v) is 4.94. The zero-order valence-corrected chi connectivity index (χ0v) is 12.3. The van der Waals surface area contributed by atoms with Crippen molar-refractivity contribution in [1.29, 1.82) is 0 Å². The molecule has 2 nitrogen and oxygen atoms in total. The van der Waals surface area contributed by atoms with Gasteiger partial charge in [0, 0.05) is 30.0 Å². The van der Waals surface area contributed by atoms with Crippen LogP contribution in [0.5, 0.6) is 0 Å². The van der Waals surface area contributed by atoms with Crippen molar-refractivity contribution in [3.05, 3.63) is 28.8 Å². The van der Waals surface area contributed by atoms with Gasteiger partial charge in [0.05, 0.1) is 16.8 Å². The second-order valence-electron chi connectivity index (χ2n) is 6.29. The molecule has 0 amide bonds. The predicted molar refractivity (Wildman–Crippen MR) is 75.0 cm³/mol. The van der Waals surface area contributed by atoms with E-state index >= 15 is 0 Å². The van der Waals surface area contributed by atoms with Gasteiger partial charge in [0.25, 0.3) is 0 Å². The van der Waals surface area contributed by atoms with Crippen molar-refractivity contribution in [3.8, 4) is 0 Å². The number of benzene rings is 1. The Balaban J connectivity index is 1.85. The highest BCUT2D eigenvalue weighted by Gasteiger charge is 2.58. The maximum absolute atomic E-state index is 13.9. The van der Waals surface area contributed by atoms with E-state index in [9.17, 15) is 8.78 Å². The highest BCUT2D eigenvalue weighted by molar-refractivity contribution is 6.33. The van der Waals surface area contributed by atoms with Gasteiger partial charge in [0.2, 0.25) is 0 Å². The van der Waals surface area contributed by atoms with E-state index in [2.05, 4.69) is 19.2 Å². The van der Waals surface area contributed by atoms with E-state index in [4.69, 9.17) is 16.3 Å². The summed E-state index contributed by atoms with van der Waals surface area (Å²) in [5.41, 5.74) is 0.102. The van der Waals surface area contributed by atoms with Gasteiger partial charge in [-0.3, -0.25) is 0 Å². The molecule has 1 N–H and O–H groups in total. The molecule has 2 aliphatic rings. The first-order chi connectivity index (χ1) is 9.41. The van der Waals surface area contributed by atoms with E-state index in [1.807, 2.05) is 0 Å². The lowest BCUT2D eigenvalue weighted by molar-refractivity contribution is -0.177. The second-order valence-corrected chi connectivity index (χ2v) is 6.69. The van der Waals surface area contributed by atoms with Gasteiger partial charge in [-0.25, -0.2) is 8.78 Å². The fourth-order valence-corrected chi connectivity index (χ4v) is 3.90. The summed E-state index contributed by atoms with van der Waals surface area (Å²) < 4.78 is 32.8. The topological polar surface area (TPSA) is 21.3 Å². The van der Waals surface area contributed by atoms with Crippen LogP contribution >= 0.6 is 11.6 Å². The number of anilines is 1. The van der Waals surface area contributed by atoms with E-state index in [1.165, 1.54) is 0 Å². The molecule has 0 spiro atoms. The van der Waals surface area contributed by atoms with Crippen molar-refractivity contribution >= 4 is 17.3 Å². The highest BCUT2D eigenvalue weighted by atomic mass is 35.5. The van der Waals surface area contributed by atoms with Crippen LogP contribution in [0, 0.1) is 23.0 Å². The average Bonchev–Trinajstić information content (AvgIpc) is 2.37. The van der Waals surface area contributed by atoms with Gasteiger partial charge in [-0.15, -0.1) is 0 Å². The third kappa shape index (κ3) is 2.09. The van der Waals surface area contributed by atoms with Crippen LogP contribution in [-0.2, 0) is 4.74 Å². The van der Waals surface area contributed by atoms with E-state index in [-0.39, 0.29) is 28.3 Å². The van der Waals surface area contributed by atoms with Crippen LogP contribution in [0.4, 0.5) is 14.5 Å². The van der Waals surface area contributed by atoms with E-state index < -0.39 is 11.6 Å². The number of nitrogens with one attached hydrogen (secondary N) is 1. The molecule has 1 saturated heterocycles. The molecule has 0 aromatic heterocycles. The van der Waals surface area contributed by atoms with E-state index in [0.717, 1.165) is 31.6 Å². The minimum atomic E-state index is -0.662. The van der Waals surface area contributed by atoms with Crippen molar-refractivity contribution in [2.24, 2.45) is 11.3 Å². The molecular formula is C15H18ClF2NO. The number of hydrogen-bond acceptors (Lipinski definition) is 2. The van der Waals surface area contributed by atoms with E-state index in [0.29, 0.717) is 5.92 Å². The Morgan fingerprint density at radius 3 is 2.80 bits per heavy atom. The zero-order valence-electron chi connectivity index (χ0n) is 11.6. The summed E-state index contributed by atoms with van der Waals surface area (Å²) in [5.74, 6) is -0.949. The third-order valence-electron chi connectivity index (χ3n) is 4.64. The summed E-state index contributed by atoms with van der Waals surface area (Å²) in [6.07, 6.45) is 2.29. The lowest BCUT2D eigenvalue weighted by Crippen LogP contribution is -2.67. The first-order valence-corrected chi connectivity index (χ1v) is 7.31. The standard InChI is InChI=1S/C15H18ClF2NO/c1-15(2)13(9-4-3-5-20-14(9)15)19-12-10(16)6-8(17)7-11(12)18/h6-7,9,13-14,19H,3-5H2,1-2H3. The Labute approximate surface area is 122 Å². The fourth-order valence-electron chi connectivity index (χ4n) is 3.65. The van der Waals surface area contributed by atoms with E-state index in [1.54, 1.807) is 0 Å². The monoisotopic (exact) mass is 301 g/mol. The van der Waals surface area contributed by atoms with Crippen molar-refractivity contribution in [1.82, 2.24) is 0 Å². The Hall–Kier alpha value is -0.870. The average molecular weight is 302 g/mol. The zero-order chi connectivity index (χ0) is 14.5. The molecule has 3 rings (SSSR count). The molecule has 5 heteroatoms. The largest absolute Gasteiger partial charge is 0.378 e. The van der Waals surface area contributed by atoms with Gasteiger partial charge in [0.15, 0.2) is 5.82 Å². The molecule has 1 aromatic rings. The molecule has 3 unspecified atom stereocenters. The fraction of sp³-hybridized carbons (Fsp3) is 0.600. The van der Waals surface area contributed by atoms with Crippen LogP contribution in [0.15, 0.2) is 12.1 Å². The second kappa shape index (κ2) is 4.85. The Morgan fingerprint density at radius 1 is 1.35 bits per heavy atom. The van der Waals surface area contributed by atoms with Crippen molar-refractivity contribution in [3.63, 3.8) is 0 Å². The van der Waals surface area contributed by atoms with Gasteiger partial charge in [-0.05, 0) is 18.9 Å². The van der Waals surface area contributed by atoms with Gasteiger partial charge in [-0.1, -0.05) is 25.4 Å². The number of rotatable bonds is 2. The van der Waals surface area contributed by atoms with Crippen LogP contribution in [0.25, 0.3) is 0 Å². The number of fused-ring (bicyclic) bond motifs is 1. The lowest BCUT2D eigenvalue weighted by atomic mass is 9.55. The summed E-state index contributed by atoms with van der Waals surface area (Å²) >= 11 is 5.95. The summed E-state index contributed by atoms with van der Waals surface area (Å²) in [6, 6.07) is 2.08. The van der Waals surface area contributed by atoms with Gasteiger partial charge in [-0.2, -0.15) is 0 Å². The molecule has 3 atom stereocenters. The summed E-state index contributed by atoms with van der Waals surface area (Å²) in [4.78, 5) is 0. The minimum Gasteiger partial charge on any atom is -0.378 e. The lowest BCUT2D eigenvalue weighted by Gasteiger charge is -2.60. The van der Waals surface area contributed by atoms with Crippen molar-refractivity contribution < 1.29 is 13.5 Å². The Kier molecular flexibility index (Phi) is 3.41. The van der Waals surface area contributed by atoms with Gasteiger partial charge in [0.1, 0.15) is 5.82 Å². The van der Waals surface area contributed by atoms with Crippen LogP contribution in [0.3, 0.4) is 0 Å². The molecule has 1 aromatic carbocycles. The van der Waals surface area contributed by atoms with Crippen LogP contribution in [0.2, 0.25) is 5.02 Å². The first kappa shape index (κ1) is 14.1. The summed E-state index contributed by atoms with van der Waals surface area (Å²) in [6.45, 7) is 5.00. The first-order valence-electron chi connectivity index (χ1n) is 6.94. The predicted octanol–water partition coefficient (Wildman–Crippen LogP) is 4.23. The maximum Gasteiger partial charge on any atom is 0.150 e. The number of halogens is 3. The molecule has 1 saturated carbocycles. The highest BCUT2D eigenvalue weighted by Crippen LogP contribution is 2.52. The minimum absolute atomic E-state index is 0.0819. The normalized spacial score (nSPS) is 31.4. The van der Waals surface area contributed by atoms with Crippen molar-refractivity contribution in [2.75, 3.05) is 11.9 Å². The number of ether oxygens (including phenoxy) is 1. The maximum atomic E-state index is 13.9. The van der Waals surface area contributed by atoms with Gasteiger partial charge < -0.3 is 10.1 Å². The van der Waals surface area contributed by atoms with Crippen LogP contribution in [-0.4, -0.2) is 18.8 Å². The smallest absolute Gasteiger partial charge is 0.150 e. The Bertz CT molecular complexity index is 512. The summed E-state index contributed by atoms with van der Waals surface area (Å²) in [7, 11) is 0. The van der Waals surface area contributed by atoms with Crippen LogP contribution < -0.4 is 5.32 Å². The molecule has 1 heterocycles. The number of hydrogen-bond donors (Lipinski definition) is 1. The van der Waals surface area contributed by atoms with Crippen LogP contribution in [0.1, 0.15) is 26.7 Å². The molecule has 2 fully saturated rings. The Morgan fingerprint density at radius 2 is 2.10 bits per heavy atom. The summed E-state index contributed by atoms with van der Waals surface area (Å²) in [5, 5.41) is 3.26. The molecule has 1 aliphatic heterocycles. The molecule has 0 radical (unpaired) electrons. The molecule has 1 aliphatic carbocycles. The van der Waals surface area contributed by atoms with Gasteiger partial charge >= 0.3 is 0 Å². The molecular weight excluding hydrogens is 284 g/mol.